The minimum atomic E-state index is -0.665. The van der Waals surface area contributed by atoms with E-state index in [1.807, 2.05) is 0 Å². The summed E-state index contributed by atoms with van der Waals surface area (Å²) in [4.78, 5) is 22.2. The molecule has 0 aliphatic heterocycles. The second-order valence-corrected chi connectivity index (χ2v) is 3.68. The van der Waals surface area contributed by atoms with Gasteiger partial charge < -0.3 is 14.2 Å². The maximum Gasteiger partial charge on any atom is 0.346 e. The third-order valence-electron chi connectivity index (χ3n) is 2.35. The number of methoxy groups -OCH3 is 2. The number of esters is 2. The summed E-state index contributed by atoms with van der Waals surface area (Å²) < 4.78 is 14.5. The summed E-state index contributed by atoms with van der Waals surface area (Å²) in [5.74, 6) is -0.193. The normalized spacial score (nSPS) is 11.5. The van der Waals surface area contributed by atoms with Crippen LogP contribution in [0.2, 0.25) is 0 Å². The van der Waals surface area contributed by atoms with E-state index < -0.39 is 12.1 Å². The molecular weight excluding hydrogens is 236 g/mol. The van der Waals surface area contributed by atoms with Crippen molar-refractivity contribution in [3.63, 3.8) is 0 Å². The molecule has 1 aromatic carbocycles. The van der Waals surface area contributed by atoms with Gasteiger partial charge in [0.15, 0.2) is 6.10 Å². The quantitative estimate of drug-likeness (QED) is 0.740. The summed E-state index contributed by atoms with van der Waals surface area (Å²) >= 11 is 0. The standard InChI is InChI=1S/C13H16O5/c1-9(13(15)17-3)18-11-6-4-10(5-7-11)8-12(14)16-2/h4-7,9H,8H2,1-3H3. The van der Waals surface area contributed by atoms with Gasteiger partial charge in [0, 0.05) is 0 Å². The van der Waals surface area contributed by atoms with Crippen LogP contribution >= 0.6 is 0 Å². The van der Waals surface area contributed by atoms with E-state index >= 15 is 0 Å². The van der Waals surface area contributed by atoms with Crippen LogP contribution in [0, 0.1) is 0 Å². The van der Waals surface area contributed by atoms with Crippen molar-refractivity contribution in [3.8, 4) is 5.75 Å². The third kappa shape index (κ3) is 4.08. The van der Waals surface area contributed by atoms with Crippen molar-refractivity contribution >= 4 is 11.9 Å². The van der Waals surface area contributed by atoms with Crippen LogP contribution in [-0.2, 0) is 25.5 Å². The number of benzene rings is 1. The number of hydrogen-bond donors (Lipinski definition) is 0. The van der Waals surface area contributed by atoms with Gasteiger partial charge in [-0.25, -0.2) is 4.79 Å². The average molecular weight is 252 g/mol. The van der Waals surface area contributed by atoms with Crippen LogP contribution in [-0.4, -0.2) is 32.3 Å². The lowest BCUT2D eigenvalue weighted by molar-refractivity contribution is -0.148. The van der Waals surface area contributed by atoms with Crippen LogP contribution in [0.3, 0.4) is 0 Å². The fourth-order valence-corrected chi connectivity index (χ4v) is 1.34. The summed E-state index contributed by atoms with van der Waals surface area (Å²) in [6, 6.07) is 6.88. The fraction of sp³-hybridized carbons (Fsp3) is 0.385. The highest BCUT2D eigenvalue weighted by molar-refractivity contribution is 5.74. The van der Waals surface area contributed by atoms with E-state index in [0.717, 1.165) is 5.56 Å². The topological polar surface area (TPSA) is 61.8 Å². The first-order valence-electron chi connectivity index (χ1n) is 5.47. The van der Waals surface area contributed by atoms with Crippen molar-refractivity contribution < 1.29 is 23.8 Å². The molecule has 0 spiro atoms. The van der Waals surface area contributed by atoms with Crippen LogP contribution in [0.4, 0.5) is 0 Å². The lowest BCUT2D eigenvalue weighted by Crippen LogP contribution is -2.24. The van der Waals surface area contributed by atoms with Crippen molar-refractivity contribution in [2.75, 3.05) is 14.2 Å². The molecule has 1 rings (SSSR count). The number of carbonyl (C=O) groups is 2. The lowest BCUT2D eigenvalue weighted by Gasteiger charge is -2.12. The molecule has 1 atom stereocenters. The maximum atomic E-state index is 11.2. The first-order chi connectivity index (χ1) is 8.56. The molecule has 0 N–H and O–H groups in total. The minimum absolute atomic E-state index is 0.212. The molecule has 5 heteroatoms. The average Bonchev–Trinajstić information content (AvgIpc) is 2.39. The first kappa shape index (κ1) is 14.0. The largest absolute Gasteiger partial charge is 0.479 e. The second kappa shape index (κ2) is 6.64. The Labute approximate surface area is 106 Å². The lowest BCUT2D eigenvalue weighted by atomic mass is 10.1. The smallest absolute Gasteiger partial charge is 0.346 e. The number of ether oxygens (including phenoxy) is 3. The molecule has 0 saturated heterocycles. The monoisotopic (exact) mass is 252 g/mol. The van der Waals surface area contributed by atoms with Crippen LogP contribution in [0.5, 0.6) is 5.75 Å². The molecular formula is C13H16O5. The zero-order valence-electron chi connectivity index (χ0n) is 10.6. The highest BCUT2D eigenvalue weighted by atomic mass is 16.6. The summed E-state index contributed by atoms with van der Waals surface area (Å²) in [6.45, 7) is 1.61. The minimum Gasteiger partial charge on any atom is -0.479 e. The number of carbonyl (C=O) groups excluding carboxylic acids is 2. The zero-order chi connectivity index (χ0) is 13.5. The van der Waals surface area contributed by atoms with Crippen LogP contribution in [0.25, 0.3) is 0 Å². The zero-order valence-corrected chi connectivity index (χ0v) is 10.6. The molecule has 98 valence electrons. The van der Waals surface area contributed by atoms with E-state index in [-0.39, 0.29) is 12.4 Å². The van der Waals surface area contributed by atoms with Gasteiger partial charge in [-0.3, -0.25) is 4.79 Å². The van der Waals surface area contributed by atoms with E-state index in [9.17, 15) is 9.59 Å². The molecule has 0 fully saturated rings. The van der Waals surface area contributed by atoms with Crippen LogP contribution in [0.15, 0.2) is 24.3 Å². The fourth-order valence-electron chi connectivity index (χ4n) is 1.34. The molecule has 0 aromatic heterocycles. The van der Waals surface area contributed by atoms with E-state index in [4.69, 9.17) is 4.74 Å². The predicted molar refractivity (Wildman–Crippen MR) is 64.3 cm³/mol. The van der Waals surface area contributed by atoms with Gasteiger partial charge in [0.25, 0.3) is 0 Å². The SMILES string of the molecule is COC(=O)Cc1ccc(OC(C)C(=O)OC)cc1. The molecule has 0 radical (unpaired) electrons. The Morgan fingerprint density at radius 1 is 1.11 bits per heavy atom. The summed E-state index contributed by atoms with van der Waals surface area (Å²) in [7, 11) is 2.65. The van der Waals surface area contributed by atoms with E-state index in [1.54, 1.807) is 31.2 Å². The summed E-state index contributed by atoms with van der Waals surface area (Å²) in [5, 5.41) is 0. The molecule has 0 aliphatic rings. The van der Waals surface area contributed by atoms with Gasteiger partial charge in [-0.1, -0.05) is 12.1 Å². The predicted octanol–water partition coefficient (Wildman–Crippen LogP) is 1.34. The van der Waals surface area contributed by atoms with Crippen LogP contribution < -0.4 is 4.74 Å². The Balaban J connectivity index is 2.60. The molecule has 1 unspecified atom stereocenters. The van der Waals surface area contributed by atoms with E-state index in [0.29, 0.717) is 5.75 Å². The molecule has 5 nitrogen and oxygen atoms in total. The molecule has 18 heavy (non-hydrogen) atoms. The molecule has 0 saturated carbocycles. The van der Waals surface area contributed by atoms with Gasteiger partial charge in [0.2, 0.25) is 0 Å². The van der Waals surface area contributed by atoms with Crippen molar-refractivity contribution in [1.29, 1.82) is 0 Å². The van der Waals surface area contributed by atoms with Crippen molar-refractivity contribution in [3.05, 3.63) is 29.8 Å². The Hall–Kier alpha value is -2.04. The maximum absolute atomic E-state index is 11.2. The molecule has 0 heterocycles. The second-order valence-electron chi connectivity index (χ2n) is 3.68. The number of hydrogen-bond acceptors (Lipinski definition) is 5. The highest BCUT2D eigenvalue weighted by Crippen LogP contribution is 2.14. The summed E-state index contributed by atoms with van der Waals surface area (Å²) in [5.41, 5.74) is 0.819. The molecule has 1 aromatic rings. The Bertz CT molecular complexity index is 410. The number of rotatable bonds is 5. The van der Waals surface area contributed by atoms with E-state index in [2.05, 4.69) is 9.47 Å². The van der Waals surface area contributed by atoms with Gasteiger partial charge in [-0.2, -0.15) is 0 Å². The third-order valence-corrected chi connectivity index (χ3v) is 2.35. The van der Waals surface area contributed by atoms with E-state index in [1.165, 1.54) is 14.2 Å². The van der Waals surface area contributed by atoms with Gasteiger partial charge in [0.1, 0.15) is 5.75 Å². The Morgan fingerprint density at radius 2 is 1.72 bits per heavy atom. The highest BCUT2D eigenvalue weighted by Gasteiger charge is 2.14. The first-order valence-corrected chi connectivity index (χ1v) is 5.47. The van der Waals surface area contributed by atoms with Gasteiger partial charge in [0.05, 0.1) is 20.6 Å². The molecule has 0 amide bonds. The van der Waals surface area contributed by atoms with Gasteiger partial charge in [-0.05, 0) is 24.6 Å². The van der Waals surface area contributed by atoms with Crippen molar-refractivity contribution in [1.82, 2.24) is 0 Å². The summed E-state index contributed by atoms with van der Waals surface area (Å²) in [6.07, 6.45) is -0.454. The van der Waals surface area contributed by atoms with Crippen molar-refractivity contribution in [2.45, 2.75) is 19.4 Å². The Kier molecular flexibility index (Phi) is 5.17. The van der Waals surface area contributed by atoms with Gasteiger partial charge in [-0.15, -0.1) is 0 Å². The molecule has 0 aliphatic carbocycles. The van der Waals surface area contributed by atoms with Crippen LogP contribution in [0.1, 0.15) is 12.5 Å². The Morgan fingerprint density at radius 3 is 2.22 bits per heavy atom. The van der Waals surface area contributed by atoms with Gasteiger partial charge >= 0.3 is 11.9 Å². The molecule has 0 bridgehead atoms. The van der Waals surface area contributed by atoms with Crippen molar-refractivity contribution in [2.24, 2.45) is 0 Å².